The Kier molecular flexibility index (Phi) is 5.08. The van der Waals surface area contributed by atoms with E-state index in [2.05, 4.69) is 0 Å². The molecule has 1 heterocycles. The van der Waals surface area contributed by atoms with Gasteiger partial charge in [0.1, 0.15) is 5.75 Å². The van der Waals surface area contributed by atoms with Gasteiger partial charge in [-0.25, -0.2) is 8.42 Å². The Morgan fingerprint density at radius 1 is 1.08 bits per heavy atom. The minimum Gasteiger partial charge on any atom is -0.484 e. The summed E-state index contributed by atoms with van der Waals surface area (Å²) < 4.78 is 28.7. The second-order valence-electron chi connectivity index (χ2n) is 6.26. The third-order valence-corrected chi connectivity index (χ3v) is 6.02. The molecule has 25 heavy (non-hydrogen) atoms. The van der Waals surface area contributed by atoms with Crippen LogP contribution in [0.25, 0.3) is 11.1 Å². The molecule has 5 nitrogen and oxygen atoms in total. The molecule has 6 heteroatoms. The molecule has 1 unspecified atom stereocenters. The first-order valence-electron chi connectivity index (χ1n) is 8.18. The van der Waals surface area contributed by atoms with Gasteiger partial charge in [-0.1, -0.05) is 42.5 Å². The van der Waals surface area contributed by atoms with E-state index in [4.69, 9.17) is 4.74 Å². The van der Waals surface area contributed by atoms with Gasteiger partial charge in [-0.05, 0) is 29.7 Å². The van der Waals surface area contributed by atoms with Crippen LogP contribution in [0.2, 0.25) is 0 Å². The predicted octanol–water partition coefficient (Wildman–Crippen LogP) is 2.38. The van der Waals surface area contributed by atoms with Gasteiger partial charge in [0.05, 0.1) is 5.25 Å². The highest BCUT2D eigenvalue weighted by molar-refractivity contribution is 7.91. The van der Waals surface area contributed by atoms with Gasteiger partial charge in [-0.2, -0.15) is 0 Å². The molecule has 0 aromatic heterocycles. The van der Waals surface area contributed by atoms with Gasteiger partial charge in [0.2, 0.25) is 0 Å². The minimum atomic E-state index is -3.10. The average molecular weight is 359 g/mol. The van der Waals surface area contributed by atoms with E-state index in [1.165, 1.54) is 6.26 Å². The van der Waals surface area contributed by atoms with E-state index < -0.39 is 15.1 Å². The highest BCUT2D eigenvalue weighted by atomic mass is 32.2. The van der Waals surface area contributed by atoms with Crippen molar-refractivity contribution < 1.29 is 17.9 Å². The van der Waals surface area contributed by atoms with Crippen molar-refractivity contribution in [1.29, 1.82) is 0 Å². The number of carbonyl (C=O) groups excluding carboxylic acids is 1. The van der Waals surface area contributed by atoms with E-state index in [1.54, 1.807) is 4.90 Å². The SMILES string of the molecule is CS(=O)(=O)C1CCN(C(=O)COc2ccc(-c3ccccc3)cc2)C1. The number of carbonyl (C=O) groups is 1. The molecular weight excluding hydrogens is 338 g/mol. The zero-order valence-electron chi connectivity index (χ0n) is 14.1. The van der Waals surface area contributed by atoms with Crippen molar-refractivity contribution >= 4 is 15.7 Å². The standard InChI is InChI=1S/C19H21NO4S/c1-25(22,23)18-11-12-20(13-18)19(21)14-24-17-9-7-16(8-10-17)15-5-3-2-4-6-15/h2-10,18H,11-14H2,1H3. The molecule has 0 bridgehead atoms. The summed E-state index contributed by atoms with van der Waals surface area (Å²) in [6, 6.07) is 17.6. The fourth-order valence-corrected chi connectivity index (χ4v) is 3.90. The molecule has 1 aliphatic rings. The van der Waals surface area contributed by atoms with Gasteiger partial charge in [-0.3, -0.25) is 4.79 Å². The second-order valence-corrected chi connectivity index (χ2v) is 8.58. The van der Waals surface area contributed by atoms with Crippen LogP contribution >= 0.6 is 0 Å². The van der Waals surface area contributed by atoms with E-state index in [0.717, 1.165) is 11.1 Å². The molecule has 1 saturated heterocycles. The second kappa shape index (κ2) is 7.27. The Bertz CT molecular complexity index is 831. The van der Waals surface area contributed by atoms with Crippen molar-refractivity contribution in [1.82, 2.24) is 4.90 Å². The van der Waals surface area contributed by atoms with E-state index >= 15 is 0 Å². The first-order valence-corrected chi connectivity index (χ1v) is 10.1. The Morgan fingerprint density at radius 3 is 2.32 bits per heavy atom. The largest absolute Gasteiger partial charge is 0.484 e. The Morgan fingerprint density at radius 2 is 1.72 bits per heavy atom. The maximum atomic E-state index is 12.2. The van der Waals surface area contributed by atoms with Gasteiger partial charge >= 0.3 is 0 Å². The number of hydrogen-bond donors (Lipinski definition) is 0. The molecule has 1 fully saturated rings. The normalized spacial score (nSPS) is 17.5. The summed E-state index contributed by atoms with van der Waals surface area (Å²) in [4.78, 5) is 13.7. The van der Waals surface area contributed by atoms with Crippen molar-refractivity contribution in [3.05, 3.63) is 54.6 Å². The third kappa shape index (κ3) is 4.39. The first-order chi connectivity index (χ1) is 11.9. The number of amides is 1. The minimum absolute atomic E-state index is 0.0822. The van der Waals surface area contributed by atoms with Crippen molar-refractivity contribution in [2.45, 2.75) is 11.7 Å². The van der Waals surface area contributed by atoms with Crippen molar-refractivity contribution in [3.63, 3.8) is 0 Å². The van der Waals surface area contributed by atoms with E-state index in [-0.39, 0.29) is 19.1 Å². The maximum absolute atomic E-state index is 12.2. The lowest BCUT2D eigenvalue weighted by molar-refractivity contribution is -0.132. The number of likely N-dealkylation sites (tertiary alicyclic amines) is 1. The molecule has 0 saturated carbocycles. The molecule has 1 amide bonds. The van der Waals surface area contributed by atoms with Gasteiger partial charge in [0.15, 0.2) is 16.4 Å². The molecular formula is C19H21NO4S. The highest BCUT2D eigenvalue weighted by Crippen LogP contribution is 2.22. The molecule has 0 aliphatic carbocycles. The first kappa shape index (κ1) is 17.5. The number of hydrogen-bond acceptors (Lipinski definition) is 4. The Labute approximate surface area is 148 Å². The fraction of sp³-hybridized carbons (Fsp3) is 0.316. The van der Waals surface area contributed by atoms with Crippen molar-refractivity contribution in [2.75, 3.05) is 26.0 Å². The number of rotatable bonds is 5. The summed E-state index contributed by atoms with van der Waals surface area (Å²) in [5, 5.41) is -0.457. The van der Waals surface area contributed by atoms with Gasteiger partial charge in [0.25, 0.3) is 5.91 Å². The van der Waals surface area contributed by atoms with Crippen molar-refractivity contribution in [2.24, 2.45) is 0 Å². The summed E-state index contributed by atoms with van der Waals surface area (Å²) in [5.74, 6) is 0.435. The molecule has 1 atom stereocenters. The molecule has 1 aliphatic heterocycles. The van der Waals surface area contributed by atoms with Crippen molar-refractivity contribution in [3.8, 4) is 16.9 Å². The fourth-order valence-electron chi connectivity index (χ4n) is 2.91. The van der Waals surface area contributed by atoms with Crippen LogP contribution in [0.5, 0.6) is 5.75 Å². The van der Waals surface area contributed by atoms with Crippen LogP contribution in [0.15, 0.2) is 54.6 Å². The van der Waals surface area contributed by atoms with E-state index in [0.29, 0.717) is 18.7 Å². The maximum Gasteiger partial charge on any atom is 0.260 e. The van der Waals surface area contributed by atoms with Crippen LogP contribution < -0.4 is 4.74 Å². The van der Waals surface area contributed by atoms with Gasteiger partial charge < -0.3 is 9.64 Å². The number of benzene rings is 2. The van der Waals surface area contributed by atoms with E-state index in [1.807, 2.05) is 54.6 Å². The lowest BCUT2D eigenvalue weighted by Crippen LogP contribution is -2.34. The third-order valence-electron chi connectivity index (χ3n) is 4.43. The van der Waals surface area contributed by atoms with Crippen LogP contribution in [-0.4, -0.2) is 50.4 Å². The van der Waals surface area contributed by atoms with Crippen LogP contribution in [0.1, 0.15) is 6.42 Å². The molecule has 2 aromatic carbocycles. The number of ether oxygens (including phenoxy) is 1. The van der Waals surface area contributed by atoms with Crippen LogP contribution in [-0.2, 0) is 14.6 Å². The number of sulfone groups is 1. The van der Waals surface area contributed by atoms with Gasteiger partial charge in [0, 0.05) is 19.3 Å². The zero-order chi connectivity index (χ0) is 17.9. The van der Waals surface area contributed by atoms with Gasteiger partial charge in [-0.15, -0.1) is 0 Å². The zero-order valence-corrected chi connectivity index (χ0v) is 14.9. The molecule has 0 spiro atoms. The topological polar surface area (TPSA) is 63.7 Å². The summed E-state index contributed by atoms with van der Waals surface area (Å²) in [6.07, 6.45) is 1.72. The molecule has 0 N–H and O–H groups in total. The molecule has 2 aromatic rings. The average Bonchev–Trinajstić information content (AvgIpc) is 3.11. The summed E-state index contributed by atoms with van der Waals surface area (Å²) in [5.41, 5.74) is 2.20. The Balaban J connectivity index is 1.54. The van der Waals surface area contributed by atoms with Crippen LogP contribution in [0, 0.1) is 0 Å². The van der Waals surface area contributed by atoms with E-state index in [9.17, 15) is 13.2 Å². The summed E-state index contributed by atoms with van der Waals surface area (Å²) >= 11 is 0. The summed E-state index contributed by atoms with van der Waals surface area (Å²) in [7, 11) is -3.10. The quantitative estimate of drug-likeness (QED) is 0.822. The highest BCUT2D eigenvalue weighted by Gasteiger charge is 2.32. The molecule has 0 radical (unpaired) electrons. The lowest BCUT2D eigenvalue weighted by Gasteiger charge is -2.16. The smallest absolute Gasteiger partial charge is 0.260 e. The Hall–Kier alpha value is -2.34. The number of nitrogens with zero attached hydrogens (tertiary/aromatic N) is 1. The monoisotopic (exact) mass is 359 g/mol. The summed E-state index contributed by atoms with van der Waals surface area (Å²) in [6.45, 7) is 0.641. The van der Waals surface area contributed by atoms with Crippen LogP contribution in [0.4, 0.5) is 0 Å². The van der Waals surface area contributed by atoms with Crippen LogP contribution in [0.3, 0.4) is 0 Å². The molecule has 3 rings (SSSR count). The lowest BCUT2D eigenvalue weighted by atomic mass is 10.1. The predicted molar refractivity (Wildman–Crippen MR) is 97.2 cm³/mol. The molecule has 132 valence electrons.